The lowest BCUT2D eigenvalue weighted by Gasteiger charge is -2.16. The molecule has 16 heavy (non-hydrogen) atoms. The first-order valence-electron chi connectivity index (χ1n) is 5.08. The summed E-state index contributed by atoms with van der Waals surface area (Å²) < 4.78 is 10.6. The van der Waals surface area contributed by atoms with Gasteiger partial charge < -0.3 is 14.6 Å². The Balaban J connectivity index is 2.74. The maximum Gasteiger partial charge on any atom is 0.307 e. The molecule has 0 saturated heterocycles. The largest absolute Gasteiger partial charge is 0.488 e. The van der Waals surface area contributed by atoms with E-state index in [4.69, 9.17) is 14.6 Å². The second-order valence-electron chi connectivity index (χ2n) is 3.56. The highest BCUT2D eigenvalue weighted by atomic mass is 16.5. The Hall–Kier alpha value is -1.55. The number of hydrogen-bond donors (Lipinski definition) is 1. The lowest BCUT2D eigenvalue weighted by molar-refractivity contribution is -0.136. The summed E-state index contributed by atoms with van der Waals surface area (Å²) in [7, 11) is 1.60. The zero-order valence-electron chi connectivity index (χ0n) is 9.47. The second-order valence-corrected chi connectivity index (χ2v) is 3.56. The summed E-state index contributed by atoms with van der Waals surface area (Å²) in [6, 6.07) is 7.14. The average Bonchev–Trinajstić information content (AvgIpc) is 2.20. The van der Waals surface area contributed by atoms with Gasteiger partial charge in [-0.2, -0.15) is 0 Å². The zero-order valence-corrected chi connectivity index (χ0v) is 9.47. The van der Waals surface area contributed by atoms with Gasteiger partial charge in [-0.15, -0.1) is 0 Å². The quantitative estimate of drug-likeness (QED) is 0.799. The average molecular weight is 224 g/mol. The molecule has 0 spiro atoms. The highest BCUT2D eigenvalue weighted by molar-refractivity contribution is 5.71. The minimum absolute atomic E-state index is 0.0319. The number of ether oxygens (including phenoxy) is 2. The van der Waals surface area contributed by atoms with E-state index in [1.54, 1.807) is 25.3 Å². The van der Waals surface area contributed by atoms with E-state index in [0.717, 1.165) is 0 Å². The van der Waals surface area contributed by atoms with E-state index in [1.165, 1.54) is 0 Å². The monoisotopic (exact) mass is 224 g/mol. The maximum absolute atomic E-state index is 10.7. The molecule has 0 aliphatic rings. The topological polar surface area (TPSA) is 55.8 Å². The molecule has 4 nitrogen and oxygen atoms in total. The van der Waals surface area contributed by atoms with Crippen LogP contribution in [0.4, 0.5) is 0 Å². The van der Waals surface area contributed by atoms with Crippen LogP contribution in [0, 0.1) is 0 Å². The standard InChI is InChI=1S/C12H16O4/c1-9(8-15-2)16-11-6-4-3-5-10(11)7-12(13)14/h3-6,9H,7-8H2,1-2H3,(H,13,14). The van der Waals surface area contributed by atoms with Crippen molar-refractivity contribution in [3.8, 4) is 5.75 Å². The van der Waals surface area contributed by atoms with Crippen molar-refractivity contribution in [3.63, 3.8) is 0 Å². The SMILES string of the molecule is COCC(C)Oc1ccccc1CC(=O)O. The van der Waals surface area contributed by atoms with E-state index < -0.39 is 5.97 Å². The van der Waals surface area contributed by atoms with Crippen LogP contribution in [0.15, 0.2) is 24.3 Å². The van der Waals surface area contributed by atoms with Crippen LogP contribution in [-0.4, -0.2) is 30.9 Å². The molecular weight excluding hydrogens is 208 g/mol. The summed E-state index contributed by atoms with van der Waals surface area (Å²) in [5, 5.41) is 8.75. The molecule has 1 aromatic rings. The number of hydrogen-bond acceptors (Lipinski definition) is 3. The lowest BCUT2D eigenvalue weighted by Crippen LogP contribution is -2.19. The van der Waals surface area contributed by atoms with Crippen LogP contribution in [0.1, 0.15) is 12.5 Å². The van der Waals surface area contributed by atoms with Crippen molar-refractivity contribution >= 4 is 5.97 Å². The van der Waals surface area contributed by atoms with Crippen LogP contribution < -0.4 is 4.74 Å². The van der Waals surface area contributed by atoms with Crippen LogP contribution in [0.3, 0.4) is 0 Å². The highest BCUT2D eigenvalue weighted by Gasteiger charge is 2.10. The first-order valence-corrected chi connectivity index (χ1v) is 5.08. The normalized spacial score (nSPS) is 12.1. The first-order chi connectivity index (χ1) is 7.63. The van der Waals surface area contributed by atoms with Crippen LogP contribution in [0.25, 0.3) is 0 Å². The van der Waals surface area contributed by atoms with E-state index in [-0.39, 0.29) is 12.5 Å². The van der Waals surface area contributed by atoms with Gasteiger partial charge in [0.2, 0.25) is 0 Å². The lowest BCUT2D eigenvalue weighted by atomic mass is 10.1. The minimum atomic E-state index is -0.865. The third kappa shape index (κ3) is 3.90. The molecule has 0 aliphatic carbocycles. The van der Waals surface area contributed by atoms with Gasteiger partial charge in [0.25, 0.3) is 0 Å². The van der Waals surface area contributed by atoms with Crippen LogP contribution in [-0.2, 0) is 16.0 Å². The Morgan fingerprint density at radius 2 is 2.12 bits per heavy atom. The predicted octanol–water partition coefficient (Wildman–Crippen LogP) is 1.73. The van der Waals surface area contributed by atoms with Crippen LogP contribution >= 0.6 is 0 Å². The fraction of sp³-hybridized carbons (Fsp3) is 0.417. The molecule has 0 radical (unpaired) electrons. The Kier molecular flexibility index (Phi) is 4.79. The summed E-state index contributed by atoms with van der Waals surface area (Å²) >= 11 is 0. The molecule has 0 heterocycles. The summed E-state index contributed by atoms with van der Waals surface area (Å²) in [5.74, 6) is -0.259. The van der Waals surface area contributed by atoms with Gasteiger partial charge in [0.15, 0.2) is 0 Å². The Bertz CT molecular complexity index is 349. The van der Waals surface area contributed by atoms with E-state index in [1.807, 2.05) is 13.0 Å². The van der Waals surface area contributed by atoms with Crippen molar-refractivity contribution < 1.29 is 19.4 Å². The molecule has 4 heteroatoms. The molecule has 0 saturated carbocycles. The Morgan fingerprint density at radius 1 is 1.44 bits per heavy atom. The van der Waals surface area contributed by atoms with Crippen molar-refractivity contribution in [1.29, 1.82) is 0 Å². The molecular formula is C12H16O4. The molecule has 88 valence electrons. The molecule has 1 rings (SSSR count). The number of carbonyl (C=O) groups is 1. The molecule has 0 fully saturated rings. The Labute approximate surface area is 94.8 Å². The first kappa shape index (κ1) is 12.5. The summed E-state index contributed by atoms with van der Waals surface area (Å²) in [5.41, 5.74) is 0.679. The second kappa shape index (κ2) is 6.12. The van der Waals surface area contributed by atoms with Gasteiger partial charge in [-0.05, 0) is 13.0 Å². The van der Waals surface area contributed by atoms with Crippen molar-refractivity contribution in [2.24, 2.45) is 0 Å². The molecule has 0 aromatic heterocycles. The van der Waals surface area contributed by atoms with Gasteiger partial charge in [-0.1, -0.05) is 18.2 Å². The van der Waals surface area contributed by atoms with Crippen molar-refractivity contribution in [2.45, 2.75) is 19.4 Å². The summed E-state index contributed by atoms with van der Waals surface area (Å²) in [4.78, 5) is 10.7. The van der Waals surface area contributed by atoms with Crippen LogP contribution in [0.5, 0.6) is 5.75 Å². The third-order valence-electron chi connectivity index (χ3n) is 2.04. The summed E-state index contributed by atoms with van der Waals surface area (Å²) in [6.07, 6.45) is -0.129. The number of para-hydroxylation sites is 1. The predicted molar refractivity (Wildman–Crippen MR) is 59.7 cm³/mol. The smallest absolute Gasteiger partial charge is 0.307 e. The number of methoxy groups -OCH3 is 1. The van der Waals surface area contributed by atoms with Gasteiger partial charge in [-0.25, -0.2) is 0 Å². The third-order valence-corrected chi connectivity index (χ3v) is 2.04. The fourth-order valence-electron chi connectivity index (χ4n) is 1.41. The molecule has 1 aromatic carbocycles. The molecule has 1 unspecified atom stereocenters. The molecule has 1 atom stereocenters. The van der Waals surface area contributed by atoms with E-state index >= 15 is 0 Å². The van der Waals surface area contributed by atoms with Gasteiger partial charge >= 0.3 is 5.97 Å². The van der Waals surface area contributed by atoms with Gasteiger partial charge in [0.05, 0.1) is 13.0 Å². The van der Waals surface area contributed by atoms with Crippen LogP contribution in [0.2, 0.25) is 0 Å². The van der Waals surface area contributed by atoms with E-state index in [2.05, 4.69) is 0 Å². The summed E-state index contributed by atoms with van der Waals surface area (Å²) in [6.45, 7) is 2.35. The number of aliphatic carboxylic acids is 1. The van der Waals surface area contributed by atoms with Crippen molar-refractivity contribution in [2.75, 3.05) is 13.7 Å². The highest BCUT2D eigenvalue weighted by Crippen LogP contribution is 2.19. The van der Waals surface area contributed by atoms with Crippen molar-refractivity contribution in [1.82, 2.24) is 0 Å². The van der Waals surface area contributed by atoms with Gasteiger partial charge in [0.1, 0.15) is 11.9 Å². The van der Waals surface area contributed by atoms with Crippen molar-refractivity contribution in [3.05, 3.63) is 29.8 Å². The fourth-order valence-corrected chi connectivity index (χ4v) is 1.41. The van der Waals surface area contributed by atoms with Gasteiger partial charge in [0, 0.05) is 12.7 Å². The maximum atomic E-state index is 10.7. The molecule has 0 amide bonds. The number of rotatable bonds is 6. The van der Waals surface area contributed by atoms with Gasteiger partial charge in [-0.3, -0.25) is 4.79 Å². The number of carboxylic acids is 1. The van der Waals surface area contributed by atoms with E-state index in [0.29, 0.717) is 17.9 Å². The Morgan fingerprint density at radius 3 is 2.75 bits per heavy atom. The minimum Gasteiger partial charge on any atom is -0.488 e. The molecule has 0 bridgehead atoms. The number of benzene rings is 1. The molecule has 0 aliphatic heterocycles. The zero-order chi connectivity index (χ0) is 12.0. The van der Waals surface area contributed by atoms with E-state index in [9.17, 15) is 4.79 Å². The number of carboxylic acid groups (broad SMARTS) is 1. The molecule has 1 N–H and O–H groups in total.